The Morgan fingerprint density at radius 3 is 2.42 bits per heavy atom. The van der Waals surface area contributed by atoms with Gasteiger partial charge in [-0.15, -0.1) is 11.8 Å². The molecule has 0 unspecified atom stereocenters. The zero-order chi connectivity index (χ0) is 18.8. The van der Waals surface area contributed by atoms with E-state index in [0.717, 1.165) is 17.0 Å². The predicted octanol–water partition coefficient (Wildman–Crippen LogP) is 3.20. The lowest BCUT2D eigenvalue weighted by Gasteiger charge is -2.17. The van der Waals surface area contributed by atoms with Crippen LogP contribution in [0.2, 0.25) is 0 Å². The van der Waals surface area contributed by atoms with Crippen molar-refractivity contribution < 1.29 is 14.3 Å². The lowest BCUT2D eigenvalue weighted by atomic mass is 10.2. The van der Waals surface area contributed by atoms with Gasteiger partial charge in [0.15, 0.2) is 0 Å². The minimum atomic E-state index is -0.110. The first-order valence-corrected chi connectivity index (χ1v) is 9.56. The van der Waals surface area contributed by atoms with Gasteiger partial charge in [-0.3, -0.25) is 9.59 Å². The highest BCUT2D eigenvalue weighted by Crippen LogP contribution is 2.10. The first kappa shape index (κ1) is 19.8. The van der Waals surface area contributed by atoms with E-state index in [-0.39, 0.29) is 23.3 Å². The number of carbonyl (C=O) groups is 2. The monoisotopic (exact) mass is 372 g/mol. The van der Waals surface area contributed by atoms with E-state index < -0.39 is 0 Å². The van der Waals surface area contributed by atoms with Gasteiger partial charge in [-0.2, -0.15) is 0 Å². The number of nitrogens with one attached hydrogen (secondary N) is 1. The number of benzene rings is 2. The molecule has 5 nitrogen and oxygen atoms in total. The molecular formula is C20H24N2O3S. The highest BCUT2D eigenvalue weighted by Gasteiger charge is 2.10. The first-order chi connectivity index (χ1) is 12.5. The first-order valence-electron chi connectivity index (χ1n) is 8.40. The largest absolute Gasteiger partial charge is 0.492 e. The molecule has 0 fully saturated rings. The van der Waals surface area contributed by atoms with E-state index >= 15 is 0 Å². The van der Waals surface area contributed by atoms with Crippen LogP contribution in [0.25, 0.3) is 0 Å². The fraction of sp³-hybridized carbons (Fsp3) is 0.300. The molecule has 0 heterocycles. The van der Waals surface area contributed by atoms with Crippen molar-refractivity contribution in [1.29, 1.82) is 0 Å². The number of aryl methyl sites for hydroxylation is 1. The van der Waals surface area contributed by atoms with E-state index in [1.54, 1.807) is 11.9 Å². The lowest BCUT2D eigenvalue weighted by Crippen LogP contribution is -2.32. The molecule has 0 radical (unpaired) electrons. The smallest absolute Gasteiger partial charge is 0.234 e. The summed E-state index contributed by atoms with van der Waals surface area (Å²) in [6.07, 6.45) is 0. The number of nitrogens with zero attached hydrogens (tertiary/aromatic N) is 1. The quantitative estimate of drug-likeness (QED) is 0.734. The maximum atomic E-state index is 12.1. The van der Waals surface area contributed by atoms with Crippen LogP contribution in [0.5, 0.6) is 5.75 Å². The van der Waals surface area contributed by atoms with Gasteiger partial charge in [0.2, 0.25) is 11.8 Å². The van der Waals surface area contributed by atoms with Crippen molar-refractivity contribution in [3.05, 3.63) is 60.2 Å². The molecule has 138 valence electrons. The molecule has 0 bridgehead atoms. The zero-order valence-electron chi connectivity index (χ0n) is 15.1. The van der Waals surface area contributed by atoms with Crippen LogP contribution in [0.15, 0.2) is 54.6 Å². The summed E-state index contributed by atoms with van der Waals surface area (Å²) < 4.78 is 5.58. The van der Waals surface area contributed by atoms with Gasteiger partial charge in [0, 0.05) is 12.7 Å². The number of rotatable bonds is 9. The molecule has 0 aliphatic heterocycles. The standard InChI is InChI=1S/C20H24N2O3S/c1-16-8-10-17(11-9-16)21-19(23)14-26-15-20(24)22(2)12-13-25-18-6-4-3-5-7-18/h3-11H,12-15H2,1-2H3,(H,21,23). The molecule has 26 heavy (non-hydrogen) atoms. The predicted molar refractivity (Wildman–Crippen MR) is 107 cm³/mol. The molecule has 0 saturated carbocycles. The van der Waals surface area contributed by atoms with E-state index in [0.29, 0.717) is 13.2 Å². The number of likely N-dealkylation sites (N-methyl/N-ethyl adjacent to an activating group) is 1. The molecule has 0 aromatic heterocycles. The van der Waals surface area contributed by atoms with Crippen molar-refractivity contribution in [2.24, 2.45) is 0 Å². The summed E-state index contributed by atoms with van der Waals surface area (Å²) in [4.78, 5) is 25.6. The molecule has 0 aliphatic rings. The zero-order valence-corrected chi connectivity index (χ0v) is 15.9. The van der Waals surface area contributed by atoms with Gasteiger partial charge >= 0.3 is 0 Å². The number of thioether (sulfide) groups is 1. The molecule has 0 aliphatic carbocycles. The summed E-state index contributed by atoms with van der Waals surface area (Å²) in [5.74, 6) is 1.17. The fourth-order valence-electron chi connectivity index (χ4n) is 2.12. The van der Waals surface area contributed by atoms with Gasteiger partial charge in [0.05, 0.1) is 18.1 Å². The maximum Gasteiger partial charge on any atom is 0.234 e. The van der Waals surface area contributed by atoms with Crippen molar-refractivity contribution in [3.63, 3.8) is 0 Å². The summed E-state index contributed by atoms with van der Waals surface area (Å²) in [6, 6.07) is 17.1. The molecule has 2 aromatic rings. The Morgan fingerprint density at radius 1 is 1.04 bits per heavy atom. The van der Waals surface area contributed by atoms with Crippen molar-refractivity contribution in [2.75, 3.05) is 37.0 Å². The second-order valence-corrected chi connectivity index (χ2v) is 6.87. The summed E-state index contributed by atoms with van der Waals surface area (Å²) >= 11 is 1.31. The van der Waals surface area contributed by atoms with Crippen LogP contribution in [0, 0.1) is 6.92 Å². The lowest BCUT2D eigenvalue weighted by molar-refractivity contribution is -0.127. The fourth-order valence-corrected chi connectivity index (χ4v) is 2.87. The van der Waals surface area contributed by atoms with Crippen molar-refractivity contribution in [3.8, 4) is 5.75 Å². The summed E-state index contributed by atoms with van der Waals surface area (Å²) in [5, 5.41) is 2.82. The van der Waals surface area contributed by atoms with Crippen molar-refractivity contribution in [2.45, 2.75) is 6.92 Å². The van der Waals surface area contributed by atoms with Gasteiger partial charge in [-0.1, -0.05) is 35.9 Å². The molecule has 1 N–H and O–H groups in total. The Kier molecular flexibility index (Phi) is 8.02. The summed E-state index contributed by atoms with van der Waals surface area (Å²) in [7, 11) is 1.74. The normalized spacial score (nSPS) is 10.2. The Hall–Kier alpha value is -2.47. The molecule has 0 spiro atoms. The van der Waals surface area contributed by atoms with Crippen LogP contribution in [0.4, 0.5) is 5.69 Å². The van der Waals surface area contributed by atoms with Crippen LogP contribution in [-0.2, 0) is 9.59 Å². The second kappa shape index (κ2) is 10.5. The molecule has 0 saturated heterocycles. The van der Waals surface area contributed by atoms with Gasteiger partial charge < -0.3 is 15.0 Å². The number of ether oxygens (including phenoxy) is 1. The molecule has 6 heteroatoms. The number of hydrogen-bond acceptors (Lipinski definition) is 4. The average Bonchev–Trinajstić information content (AvgIpc) is 2.64. The average molecular weight is 372 g/mol. The number of carbonyl (C=O) groups excluding carboxylic acids is 2. The van der Waals surface area contributed by atoms with E-state index in [1.165, 1.54) is 11.8 Å². The molecule has 2 amide bonds. The second-order valence-electron chi connectivity index (χ2n) is 5.88. The maximum absolute atomic E-state index is 12.1. The van der Waals surface area contributed by atoms with Gasteiger partial charge in [-0.05, 0) is 31.2 Å². The van der Waals surface area contributed by atoms with Crippen LogP contribution < -0.4 is 10.1 Å². The topological polar surface area (TPSA) is 58.6 Å². The van der Waals surface area contributed by atoms with E-state index in [9.17, 15) is 9.59 Å². The van der Waals surface area contributed by atoms with Crippen molar-refractivity contribution in [1.82, 2.24) is 4.90 Å². The van der Waals surface area contributed by atoms with E-state index in [1.807, 2.05) is 61.5 Å². The van der Waals surface area contributed by atoms with Gasteiger partial charge in [0.25, 0.3) is 0 Å². The number of para-hydroxylation sites is 1. The van der Waals surface area contributed by atoms with Crippen LogP contribution >= 0.6 is 11.8 Å². The number of anilines is 1. The van der Waals surface area contributed by atoms with Gasteiger partial charge in [-0.25, -0.2) is 0 Å². The van der Waals surface area contributed by atoms with Gasteiger partial charge in [0.1, 0.15) is 12.4 Å². The highest BCUT2D eigenvalue weighted by atomic mass is 32.2. The Morgan fingerprint density at radius 2 is 1.73 bits per heavy atom. The SMILES string of the molecule is Cc1ccc(NC(=O)CSCC(=O)N(C)CCOc2ccccc2)cc1. The van der Waals surface area contributed by atoms with E-state index in [2.05, 4.69) is 5.32 Å². The third-order valence-electron chi connectivity index (χ3n) is 3.66. The third kappa shape index (κ3) is 7.19. The molecular weight excluding hydrogens is 348 g/mol. The van der Waals surface area contributed by atoms with Crippen LogP contribution in [0.1, 0.15) is 5.56 Å². The van der Waals surface area contributed by atoms with Crippen LogP contribution in [-0.4, -0.2) is 48.4 Å². The summed E-state index contributed by atoms with van der Waals surface area (Å²) in [5.41, 5.74) is 1.91. The Balaban J connectivity index is 1.61. The summed E-state index contributed by atoms with van der Waals surface area (Å²) in [6.45, 7) is 2.93. The minimum Gasteiger partial charge on any atom is -0.492 e. The number of amides is 2. The third-order valence-corrected chi connectivity index (χ3v) is 4.58. The van der Waals surface area contributed by atoms with E-state index in [4.69, 9.17) is 4.74 Å². The Labute approximate surface area is 158 Å². The number of hydrogen-bond donors (Lipinski definition) is 1. The molecule has 0 atom stereocenters. The molecule has 2 aromatic carbocycles. The molecule has 2 rings (SSSR count). The van der Waals surface area contributed by atoms with Crippen molar-refractivity contribution >= 4 is 29.3 Å². The van der Waals surface area contributed by atoms with Crippen LogP contribution in [0.3, 0.4) is 0 Å². The Bertz CT molecular complexity index is 705. The highest BCUT2D eigenvalue weighted by molar-refractivity contribution is 8.00. The minimum absolute atomic E-state index is 0.0187.